The van der Waals surface area contributed by atoms with Gasteiger partial charge in [-0.1, -0.05) is 25.0 Å². The summed E-state index contributed by atoms with van der Waals surface area (Å²) in [7, 11) is 0. The van der Waals surface area contributed by atoms with Gasteiger partial charge < -0.3 is 9.47 Å². The van der Waals surface area contributed by atoms with Crippen LogP contribution in [0, 0.1) is 11.3 Å². The molecule has 122 valence electrons. The summed E-state index contributed by atoms with van der Waals surface area (Å²) in [6.07, 6.45) is 4.08. The highest BCUT2D eigenvalue weighted by molar-refractivity contribution is 5.75. The van der Waals surface area contributed by atoms with Crippen molar-refractivity contribution in [2.24, 2.45) is 11.3 Å². The van der Waals surface area contributed by atoms with E-state index in [4.69, 9.17) is 9.47 Å². The molecule has 1 aliphatic heterocycles. The van der Waals surface area contributed by atoms with Gasteiger partial charge in [0.05, 0.1) is 12.8 Å². The number of carbonyl (C=O) groups is 2. The predicted molar refractivity (Wildman–Crippen MR) is 84.1 cm³/mol. The number of allylic oxidation sites excluding steroid dienone is 1. The molecular weight excluding hydrogens is 280 g/mol. The Morgan fingerprint density at radius 1 is 1.32 bits per heavy atom. The smallest absolute Gasteiger partial charge is 0.310 e. The Kier molecular flexibility index (Phi) is 4.24. The van der Waals surface area contributed by atoms with Gasteiger partial charge in [-0.15, -0.1) is 0 Å². The lowest BCUT2D eigenvalue weighted by Crippen LogP contribution is -2.49. The van der Waals surface area contributed by atoms with E-state index in [2.05, 4.69) is 0 Å². The van der Waals surface area contributed by atoms with E-state index in [0.29, 0.717) is 12.8 Å². The molecule has 4 nitrogen and oxygen atoms in total. The summed E-state index contributed by atoms with van der Waals surface area (Å²) in [6.45, 7) is 11.9. The monoisotopic (exact) mass is 306 g/mol. The second-order valence-corrected chi connectivity index (χ2v) is 7.46. The van der Waals surface area contributed by atoms with Crippen molar-refractivity contribution in [1.29, 1.82) is 0 Å². The summed E-state index contributed by atoms with van der Waals surface area (Å²) in [5, 5.41) is 0. The fourth-order valence-electron chi connectivity index (χ4n) is 3.37. The van der Waals surface area contributed by atoms with Crippen molar-refractivity contribution in [2.45, 2.75) is 66.1 Å². The molecule has 0 saturated carbocycles. The average Bonchev–Trinajstić information content (AvgIpc) is 2.70. The van der Waals surface area contributed by atoms with Crippen LogP contribution in [0.25, 0.3) is 0 Å². The Labute approximate surface area is 132 Å². The summed E-state index contributed by atoms with van der Waals surface area (Å²) in [5.41, 5.74) is 1.24. The zero-order valence-electron chi connectivity index (χ0n) is 14.4. The van der Waals surface area contributed by atoms with Gasteiger partial charge in [0, 0.05) is 11.3 Å². The van der Waals surface area contributed by atoms with Crippen molar-refractivity contribution < 1.29 is 19.1 Å². The van der Waals surface area contributed by atoms with Gasteiger partial charge >= 0.3 is 11.9 Å². The maximum atomic E-state index is 12.2. The number of esters is 2. The molecule has 0 N–H and O–H groups in total. The number of fused-ring (bicyclic) bond motifs is 1. The van der Waals surface area contributed by atoms with Gasteiger partial charge in [-0.2, -0.15) is 0 Å². The van der Waals surface area contributed by atoms with Crippen molar-refractivity contribution in [3.63, 3.8) is 0 Å². The minimum Gasteiger partial charge on any atom is -0.457 e. The third kappa shape index (κ3) is 2.96. The summed E-state index contributed by atoms with van der Waals surface area (Å²) in [4.78, 5) is 23.8. The molecule has 0 spiro atoms. The molecule has 22 heavy (non-hydrogen) atoms. The molecule has 1 saturated heterocycles. The molecule has 0 aromatic rings. The molecule has 0 bridgehead atoms. The molecular formula is C18H26O4. The van der Waals surface area contributed by atoms with Crippen LogP contribution in [0.4, 0.5) is 0 Å². The van der Waals surface area contributed by atoms with Gasteiger partial charge in [-0.25, -0.2) is 0 Å². The summed E-state index contributed by atoms with van der Waals surface area (Å²) >= 11 is 0. The number of hydrogen-bond acceptors (Lipinski definition) is 4. The zero-order chi connectivity index (χ0) is 16.7. The predicted octanol–water partition coefficient (Wildman–Crippen LogP) is 3.56. The van der Waals surface area contributed by atoms with E-state index in [1.807, 2.05) is 53.7 Å². The van der Waals surface area contributed by atoms with Gasteiger partial charge in [-0.3, -0.25) is 9.59 Å². The van der Waals surface area contributed by atoms with E-state index in [9.17, 15) is 9.59 Å². The molecule has 1 aliphatic carbocycles. The topological polar surface area (TPSA) is 52.6 Å². The summed E-state index contributed by atoms with van der Waals surface area (Å²) in [6, 6.07) is 0. The number of carbonyl (C=O) groups excluding carboxylic acids is 2. The van der Waals surface area contributed by atoms with Gasteiger partial charge in [-0.05, 0) is 39.8 Å². The van der Waals surface area contributed by atoms with Crippen LogP contribution in [0.3, 0.4) is 0 Å². The van der Waals surface area contributed by atoms with E-state index < -0.39 is 5.60 Å². The first-order chi connectivity index (χ1) is 10.1. The van der Waals surface area contributed by atoms with Crippen molar-refractivity contribution >= 4 is 11.9 Å². The van der Waals surface area contributed by atoms with E-state index >= 15 is 0 Å². The Bertz CT molecular complexity index is 551. The van der Waals surface area contributed by atoms with Crippen LogP contribution in [-0.4, -0.2) is 23.6 Å². The van der Waals surface area contributed by atoms with E-state index in [-0.39, 0.29) is 29.4 Å². The lowest BCUT2D eigenvalue weighted by atomic mass is 9.63. The van der Waals surface area contributed by atoms with Crippen LogP contribution in [-0.2, 0) is 19.1 Å². The SMILES string of the molecule is CC(C)=C(C)CC(=O)OC1C=CC2(C)OC(=O)CC2C1(C)C. The highest BCUT2D eigenvalue weighted by atomic mass is 16.6. The highest BCUT2D eigenvalue weighted by Gasteiger charge is 2.56. The normalized spacial score (nSPS) is 32.2. The third-order valence-corrected chi connectivity index (χ3v) is 5.15. The van der Waals surface area contributed by atoms with Crippen LogP contribution in [0.5, 0.6) is 0 Å². The molecule has 3 atom stereocenters. The largest absolute Gasteiger partial charge is 0.457 e. The molecule has 1 fully saturated rings. The van der Waals surface area contributed by atoms with Gasteiger partial charge in [0.1, 0.15) is 11.7 Å². The Balaban J connectivity index is 2.15. The van der Waals surface area contributed by atoms with Crippen LogP contribution in [0.1, 0.15) is 54.4 Å². The first kappa shape index (κ1) is 16.8. The Hall–Kier alpha value is -1.58. The second-order valence-electron chi connectivity index (χ2n) is 7.46. The lowest BCUT2D eigenvalue weighted by Gasteiger charge is -2.45. The fraction of sp³-hybridized carbons (Fsp3) is 0.667. The van der Waals surface area contributed by atoms with Crippen molar-refractivity contribution in [1.82, 2.24) is 0 Å². The first-order valence-electron chi connectivity index (χ1n) is 7.80. The van der Waals surface area contributed by atoms with Crippen LogP contribution < -0.4 is 0 Å². The maximum Gasteiger partial charge on any atom is 0.310 e. The second kappa shape index (κ2) is 5.56. The van der Waals surface area contributed by atoms with Crippen LogP contribution >= 0.6 is 0 Å². The van der Waals surface area contributed by atoms with Crippen molar-refractivity contribution in [3.8, 4) is 0 Å². The lowest BCUT2D eigenvalue weighted by molar-refractivity contribution is -0.158. The van der Waals surface area contributed by atoms with E-state index in [1.165, 1.54) is 0 Å². The van der Waals surface area contributed by atoms with Crippen LogP contribution in [0.15, 0.2) is 23.3 Å². The molecule has 0 radical (unpaired) electrons. The number of ether oxygens (including phenoxy) is 2. The third-order valence-electron chi connectivity index (χ3n) is 5.15. The molecule has 2 aliphatic rings. The molecule has 0 amide bonds. The standard InChI is InChI=1S/C18H26O4/c1-11(2)12(3)9-15(19)21-14-7-8-18(6)13(17(14,4)5)10-16(20)22-18/h7-8,13-14H,9-10H2,1-6H3. The average molecular weight is 306 g/mol. The van der Waals surface area contributed by atoms with Gasteiger partial charge in [0.2, 0.25) is 0 Å². The van der Waals surface area contributed by atoms with E-state index in [0.717, 1.165) is 11.1 Å². The summed E-state index contributed by atoms with van der Waals surface area (Å²) < 4.78 is 11.2. The molecule has 1 heterocycles. The highest BCUT2D eigenvalue weighted by Crippen LogP contribution is 2.51. The minimum atomic E-state index is -0.584. The van der Waals surface area contributed by atoms with Gasteiger partial charge in [0.25, 0.3) is 0 Å². The quantitative estimate of drug-likeness (QED) is 0.591. The van der Waals surface area contributed by atoms with Gasteiger partial charge in [0.15, 0.2) is 0 Å². The Morgan fingerprint density at radius 3 is 2.55 bits per heavy atom. The van der Waals surface area contributed by atoms with Crippen molar-refractivity contribution in [3.05, 3.63) is 23.3 Å². The number of rotatable bonds is 3. The molecule has 0 aromatic carbocycles. The minimum absolute atomic E-state index is 0.0138. The first-order valence-corrected chi connectivity index (χ1v) is 7.80. The Morgan fingerprint density at radius 2 is 1.95 bits per heavy atom. The summed E-state index contributed by atoms with van der Waals surface area (Å²) in [5.74, 6) is -0.396. The fourth-order valence-corrected chi connectivity index (χ4v) is 3.37. The molecule has 4 heteroatoms. The maximum absolute atomic E-state index is 12.2. The number of hydrogen-bond donors (Lipinski definition) is 0. The van der Waals surface area contributed by atoms with E-state index in [1.54, 1.807) is 0 Å². The van der Waals surface area contributed by atoms with Crippen molar-refractivity contribution in [2.75, 3.05) is 0 Å². The molecule has 0 aromatic heterocycles. The zero-order valence-corrected chi connectivity index (χ0v) is 14.4. The molecule has 3 unspecified atom stereocenters. The molecule has 2 rings (SSSR count). The van der Waals surface area contributed by atoms with Crippen LogP contribution in [0.2, 0.25) is 0 Å².